The van der Waals surface area contributed by atoms with Crippen LogP contribution in [0.15, 0.2) is 48.7 Å². The number of hydrogen-bond acceptors (Lipinski definition) is 2. The van der Waals surface area contributed by atoms with E-state index in [9.17, 15) is 8.78 Å². The fourth-order valence-corrected chi connectivity index (χ4v) is 2.63. The van der Waals surface area contributed by atoms with Gasteiger partial charge in [-0.2, -0.15) is 8.78 Å². The Kier molecular flexibility index (Phi) is 4.14. The van der Waals surface area contributed by atoms with E-state index in [2.05, 4.69) is 9.72 Å². The van der Waals surface area contributed by atoms with Crippen LogP contribution in [0.5, 0.6) is 5.75 Å². The predicted molar refractivity (Wildman–Crippen MR) is 83.8 cm³/mol. The first-order valence-corrected chi connectivity index (χ1v) is 7.09. The Labute approximate surface area is 135 Å². The first kappa shape index (κ1) is 15.0. The summed E-state index contributed by atoms with van der Waals surface area (Å²) in [6.45, 7) is -2.85. The number of ether oxygens (including phenoxy) is 1. The van der Waals surface area contributed by atoms with Crippen molar-refractivity contribution in [3.8, 4) is 16.9 Å². The van der Waals surface area contributed by atoms with E-state index in [0.29, 0.717) is 21.1 Å². The van der Waals surface area contributed by atoms with E-state index in [1.807, 2.05) is 0 Å². The molecule has 112 valence electrons. The zero-order valence-electron chi connectivity index (χ0n) is 11.1. The van der Waals surface area contributed by atoms with Crippen molar-refractivity contribution in [1.29, 1.82) is 0 Å². The lowest BCUT2D eigenvalue weighted by atomic mass is 10.1. The van der Waals surface area contributed by atoms with E-state index in [4.69, 9.17) is 23.2 Å². The quantitative estimate of drug-likeness (QED) is 0.600. The molecule has 0 spiro atoms. The number of alkyl halides is 2. The highest BCUT2D eigenvalue weighted by molar-refractivity contribution is 6.38. The minimum atomic E-state index is -2.85. The highest BCUT2D eigenvalue weighted by Crippen LogP contribution is 2.34. The van der Waals surface area contributed by atoms with Crippen molar-refractivity contribution in [3.05, 3.63) is 58.7 Å². The van der Waals surface area contributed by atoms with Gasteiger partial charge in [0.15, 0.2) is 0 Å². The Bertz CT molecular complexity index is 822. The Morgan fingerprint density at radius 2 is 1.73 bits per heavy atom. The lowest BCUT2D eigenvalue weighted by Gasteiger charge is -2.09. The van der Waals surface area contributed by atoms with Crippen molar-refractivity contribution >= 4 is 34.1 Å². The molecule has 22 heavy (non-hydrogen) atoms. The lowest BCUT2D eigenvalue weighted by molar-refractivity contribution is -0.0498. The Morgan fingerprint density at radius 1 is 1.00 bits per heavy atom. The molecule has 0 unspecified atom stereocenters. The lowest BCUT2D eigenvalue weighted by Crippen LogP contribution is -2.01. The molecule has 0 saturated carbocycles. The van der Waals surface area contributed by atoms with Gasteiger partial charge in [-0.15, -0.1) is 0 Å². The molecule has 0 saturated heterocycles. The molecule has 0 aliphatic heterocycles. The average molecular weight is 340 g/mol. The molecule has 0 fully saturated rings. The van der Waals surface area contributed by atoms with E-state index in [-0.39, 0.29) is 5.75 Å². The molecule has 0 amide bonds. The maximum Gasteiger partial charge on any atom is 0.387 e. The summed E-state index contributed by atoms with van der Waals surface area (Å²) in [5.74, 6) is 0.0930. The monoisotopic (exact) mass is 339 g/mol. The number of aromatic nitrogens is 1. The summed E-state index contributed by atoms with van der Waals surface area (Å²) in [5, 5.41) is 1.89. The standard InChI is InChI=1S/C16H9Cl2F2NO/c17-10-3-6-12-14(7-10)21-8-13(15(12)18)9-1-4-11(5-2-9)22-16(19)20/h1-8,16H. The minimum Gasteiger partial charge on any atom is -0.435 e. The molecule has 0 bridgehead atoms. The molecule has 1 aromatic heterocycles. The van der Waals surface area contributed by atoms with Gasteiger partial charge in [-0.3, -0.25) is 4.98 Å². The summed E-state index contributed by atoms with van der Waals surface area (Å²) >= 11 is 12.3. The first-order chi connectivity index (χ1) is 10.5. The van der Waals surface area contributed by atoms with Crippen LogP contribution in [-0.4, -0.2) is 11.6 Å². The van der Waals surface area contributed by atoms with Crippen LogP contribution >= 0.6 is 23.2 Å². The van der Waals surface area contributed by atoms with E-state index >= 15 is 0 Å². The van der Waals surface area contributed by atoms with Gasteiger partial charge in [-0.1, -0.05) is 35.3 Å². The Hall–Kier alpha value is -1.91. The normalized spacial score (nSPS) is 11.1. The van der Waals surface area contributed by atoms with Crippen LogP contribution in [0.3, 0.4) is 0 Å². The van der Waals surface area contributed by atoms with Crippen molar-refractivity contribution < 1.29 is 13.5 Å². The molecular weight excluding hydrogens is 331 g/mol. The third-order valence-corrected chi connectivity index (χ3v) is 3.80. The third-order valence-electron chi connectivity index (χ3n) is 3.16. The van der Waals surface area contributed by atoms with Crippen molar-refractivity contribution in [2.24, 2.45) is 0 Å². The SMILES string of the molecule is FC(F)Oc1ccc(-c2cnc3cc(Cl)ccc3c2Cl)cc1. The number of fused-ring (bicyclic) bond motifs is 1. The van der Waals surface area contributed by atoms with Crippen LogP contribution in [-0.2, 0) is 0 Å². The minimum absolute atomic E-state index is 0.0930. The average Bonchev–Trinajstić information content (AvgIpc) is 2.48. The number of hydrogen-bond donors (Lipinski definition) is 0. The predicted octanol–water partition coefficient (Wildman–Crippen LogP) is 5.81. The molecule has 0 N–H and O–H groups in total. The second-order valence-corrected chi connectivity index (χ2v) is 5.36. The summed E-state index contributed by atoms with van der Waals surface area (Å²) in [6.07, 6.45) is 1.63. The second-order valence-electron chi connectivity index (χ2n) is 4.55. The smallest absolute Gasteiger partial charge is 0.387 e. The van der Waals surface area contributed by atoms with Crippen molar-refractivity contribution in [2.45, 2.75) is 6.61 Å². The topological polar surface area (TPSA) is 22.1 Å². The first-order valence-electron chi connectivity index (χ1n) is 6.33. The zero-order valence-corrected chi connectivity index (χ0v) is 12.6. The van der Waals surface area contributed by atoms with Gasteiger partial charge in [0.05, 0.1) is 10.5 Å². The molecule has 0 aliphatic rings. The molecule has 0 atom stereocenters. The van der Waals surface area contributed by atoms with E-state index < -0.39 is 6.61 Å². The van der Waals surface area contributed by atoms with E-state index in [0.717, 1.165) is 10.9 Å². The molecule has 2 nitrogen and oxygen atoms in total. The van der Waals surface area contributed by atoms with Gasteiger partial charge in [0, 0.05) is 22.2 Å². The van der Waals surface area contributed by atoms with Gasteiger partial charge in [0.25, 0.3) is 0 Å². The number of nitrogens with zero attached hydrogens (tertiary/aromatic N) is 1. The number of halogens is 4. The number of pyridine rings is 1. The van der Waals surface area contributed by atoms with Crippen LogP contribution in [0, 0.1) is 0 Å². The van der Waals surface area contributed by atoms with Crippen molar-refractivity contribution in [1.82, 2.24) is 4.98 Å². The van der Waals surface area contributed by atoms with Gasteiger partial charge in [-0.05, 0) is 35.9 Å². The molecule has 3 rings (SSSR count). The fraction of sp³-hybridized carbons (Fsp3) is 0.0625. The largest absolute Gasteiger partial charge is 0.435 e. The van der Waals surface area contributed by atoms with Gasteiger partial charge in [0.1, 0.15) is 5.75 Å². The van der Waals surface area contributed by atoms with Crippen LogP contribution in [0.25, 0.3) is 22.0 Å². The highest BCUT2D eigenvalue weighted by atomic mass is 35.5. The van der Waals surface area contributed by atoms with Gasteiger partial charge < -0.3 is 4.74 Å². The molecule has 3 aromatic rings. The van der Waals surface area contributed by atoms with Gasteiger partial charge in [0.2, 0.25) is 0 Å². The maximum atomic E-state index is 12.2. The summed E-state index contributed by atoms with van der Waals surface area (Å²) < 4.78 is 28.6. The van der Waals surface area contributed by atoms with Gasteiger partial charge in [-0.25, -0.2) is 0 Å². The Morgan fingerprint density at radius 3 is 2.41 bits per heavy atom. The van der Waals surface area contributed by atoms with E-state index in [1.165, 1.54) is 12.1 Å². The van der Waals surface area contributed by atoms with E-state index in [1.54, 1.807) is 36.5 Å². The molecule has 6 heteroatoms. The zero-order chi connectivity index (χ0) is 15.7. The molecule has 1 heterocycles. The number of benzene rings is 2. The molecule has 0 radical (unpaired) electrons. The molecule has 2 aromatic carbocycles. The highest BCUT2D eigenvalue weighted by Gasteiger charge is 2.10. The van der Waals surface area contributed by atoms with Gasteiger partial charge >= 0.3 is 6.61 Å². The number of rotatable bonds is 3. The summed E-state index contributed by atoms with van der Waals surface area (Å²) in [6, 6.07) is 11.5. The van der Waals surface area contributed by atoms with Crippen molar-refractivity contribution in [2.75, 3.05) is 0 Å². The third kappa shape index (κ3) is 2.98. The van der Waals surface area contributed by atoms with Crippen LogP contribution in [0.4, 0.5) is 8.78 Å². The van der Waals surface area contributed by atoms with Crippen LogP contribution in [0.1, 0.15) is 0 Å². The maximum absolute atomic E-state index is 12.2. The van der Waals surface area contributed by atoms with Crippen molar-refractivity contribution in [3.63, 3.8) is 0 Å². The summed E-state index contributed by atoms with van der Waals surface area (Å²) in [5.41, 5.74) is 2.16. The Balaban J connectivity index is 2.02. The fourth-order valence-electron chi connectivity index (χ4n) is 2.15. The van der Waals surface area contributed by atoms with Crippen LogP contribution in [0.2, 0.25) is 10.0 Å². The molecule has 0 aliphatic carbocycles. The van der Waals surface area contributed by atoms with Crippen LogP contribution < -0.4 is 4.74 Å². The second kappa shape index (κ2) is 6.07. The summed E-state index contributed by atoms with van der Waals surface area (Å²) in [4.78, 5) is 4.33. The summed E-state index contributed by atoms with van der Waals surface area (Å²) in [7, 11) is 0. The molecular formula is C16H9Cl2F2NO.